The van der Waals surface area contributed by atoms with Crippen LogP contribution in [-0.4, -0.2) is 144 Å². The van der Waals surface area contributed by atoms with E-state index in [1.54, 1.807) is 74.5 Å². The molecule has 87 heavy (non-hydrogen) atoms. The first-order chi connectivity index (χ1) is 41.1. The zero-order valence-electron chi connectivity index (χ0n) is 50.1. The summed E-state index contributed by atoms with van der Waals surface area (Å²) in [6.07, 6.45) is -0.537. The highest BCUT2D eigenvalue weighted by Gasteiger charge is 2.35. The lowest BCUT2D eigenvalue weighted by molar-refractivity contribution is -0.136. The highest BCUT2D eigenvalue weighted by Crippen LogP contribution is 2.15. The molecule has 10 amide bonds. The zero-order valence-corrected chi connectivity index (χ0v) is 50.1. The maximum atomic E-state index is 14.7. The first kappa shape index (κ1) is 71.9. The van der Waals surface area contributed by atoms with Gasteiger partial charge in [0.2, 0.25) is 59.1 Å². The molecule has 0 aromatic heterocycles. The third kappa shape index (κ3) is 27.9. The summed E-state index contributed by atoms with van der Waals surface area (Å²) in [5.41, 5.74) is 41.5. The van der Waals surface area contributed by atoms with E-state index in [0.29, 0.717) is 23.1 Å². The van der Waals surface area contributed by atoms with Crippen LogP contribution in [0.25, 0.3) is 0 Å². The fraction of sp³-hybridized carbons (Fsp3) is 0.492. The van der Waals surface area contributed by atoms with Crippen LogP contribution in [-0.2, 0) is 67.2 Å². The van der Waals surface area contributed by atoms with Crippen LogP contribution in [0.3, 0.4) is 0 Å². The molecule has 476 valence electrons. The Hall–Kier alpha value is -9.34. The molecule has 0 radical (unpaired) electrons. The minimum Gasteiger partial charge on any atom is -0.508 e. The molecule has 3 aromatic carbocycles. The SMILES string of the molecule is CC(C)C[C@H](NC(=O)[C@H](CCCN=C(N)N)NC(=O)[C@H](CCCN=C(N)N)NC(=O)[C@H](Cc1ccccc1)NC(=O)[C@H](Cc1ccccc1)NC(=O)[C@@H](N)CC(C)C)C(=O)N[C@@H](CCC(N)=O)C(=O)N[C@@H](C)C(=O)N[C@@H](Cc1ccc(O)cc1)C(N)=O. The van der Waals surface area contributed by atoms with Crippen molar-refractivity contribution in [3.8, 4) is 5.75 Å². The van der Waals surface area contributed by atoms with E-state index in [0.717, 1.165) is 0 Å². The van der Waals surface area contributed by atoms with E-state index in [2.05, 4.69) is 52.5 Å². The number of phenols is 1. The molecule has 0 aliphatic carbocycles. The van der Waals surface area contributed by atoms with Gasteiger partial charge in [0, 0.05) is 38.8 Å². The Morgan fingerprint density at radius 1 is 0.414 bits per heavy atom. The van der Waals surface area contributed by atoms with Gasteiger partial charge in [0.25, 0.3) is 0 Å². The number of benzene rings is 3. The van der Waals surface area contributed by atoms with Crippen molar-refractivity contribution in [1.29, 1.82) is 0 Å². The number of carbonyl (C=O) groups excluding carboxylic acids is 10. The molecule has 28 nitrogen and oxygen atoms in total. The molecule has 0 aliphatic heterocycles. The summed E-state index contributed by atoms with van der Waals surface area (Å²) < 4.78 is 0. The summed E-state index contributed by atoms with van der Waals surface area (Å²) in [5.74, 6) is -8.94. The predicted molar refractivity (Wildman–Crippen MR) is 328 cm³/mol. The van der Waals surface area contributed by atoms with E-state index in [1.165, 1.54) is 31.2 Å². The number of nitrogens with two attached hydrogens (primary N) is 7. The van der Waals surface area contributed by atoms with Gasteiger partial charge in [-0.2, -0.15) is 0 Å². The number of guanidine groups is 2. The Labute approximate surface area is 506 Å². The molecule has 0 saturated heterocycles. The van der Waals surface area contributed by atoms with Crippen molar-refractivity contribution in [3.05, 3.63) is 102 Å². The lowest BCUT2D eigenvalue weighted by Crippen LogP contribution is -2.60. The third-order valence-electron chi connectivity index (χ3n) is 13.5. The lowest BCUT2D eigenvalue weighted by atomic mass is 10.00. The molecule has 28 heteroatoms. The van der Waals surface area contributed by atoms with Crippen LogP contribution in [0.1, 0.15) is 103 Å². The van der Waals surface area contributed by atoms with Crippen molar-refractivity contribution in [2.24, 2.45) is 62.0 Å². The zero-order chi connectivity index (χ0) is 64.8. The van der Waals surface area contributed by atoms with Crippen molar-refractivity contribution in [2.75, 3.05) is 13.1 Å². The summed E-state index contributed by atoms with van der Waals surface area (Å²) in [4.78, 5) is 146. The van der Waals surface area contributed by atoms with Gasteiger partial charge in [0.05, 0.1) is 6.04 Å². The maximum Gasteiger partial charge on any atom is 0.243 e. The number of nitrogens with one attached hydrogen (secondary N) is 8. The van der Waals surface area contributed by atoms with Gasteiger partial charge in [-0.25, -0.2) is 0 Å². The summed E-state index contributed by atoms with van der Waals surface area (Å²) >= 11 is 0. The number of aliphatic imine (C=N–C) groups is 2. The van der Waals surface area contributed by atoms with Crippen molar-refractivity contribution in [1.82, 2.24) is 42.5 Å². The molecule has 23 N–H and O–H groups in total. The molecule has 0 saturated carbocycles. The second-order valence-corrected chi connectivity index (χ2v) is 22.1. The Kier molecular flexibility index (Phi) is 30.7. The lowest BCUT2D eigenvalue weighted by Gasteiger charge is -2.28. The van der Waals surface area contributed by atoms with E-state index in [1.807, 2.05) is 13.8 Å². The van der Waals surface area contributed by atoms with Crippen molar-refractivity contribution < 1.29 is 53.1 Å². The molecular formula is C59H89N17O11. The number of hydrogen-bond acceptors (Lipinski definition) is 14. The molecule has 0 aliphatic rings. The van der Waals surface area contributed by atoms with Gasteiger partial charge in [-0.15, -0.1) is 0 Å². The topological polar surface area (TPSA) is 494 Å². The van der Waals surface area contributed by atoms with Crippen molar-refractivity contribution in [3.63, 3.8) is 0 Å². The normalized spacial score (nSPS) is 14.1. The van der Waals surface area contributed by atoms with Crippen molar-refractivity contribution in [2.45, 2.75) is 160 Å². The quantitative estimate of drug-likeness (QED) is 0.0162. The van der Waals surface area contributed by atoms with Gasteiger partial charge in [0.15, 0.2) is 11.9 Å². The Bertz CT molecular complexity index is 2810. The van der Waals surface area contributed by atoms with Crippen LogP contribution in [0, 0.1) is 11.8 Å². The van der Waals surface area contributed by atoms with Gasteiger partial charge in [-0.3, -0.25) is 57.9 Å². The van der Waals surface area contributed by atoms with Gasteiger partial charge in [0.1, 0.15) is 54.1 Å². The van der Waals surface area contributed by atoms with Gasteiger partial charge in [-0.05, 0) is 92.5 Å². The monoisotopic (exact) mass is 1210 g/mol. The Morgan fingerprint density at radius 3 is 1.20 bits per heavy atom. The average Bonchev–Trinajstić information content (AvgIpc) is 3.41. The number of rotatable bonds is 38. The molecule has 0 unspecified atom stereocenters. The van der Waals surface area contributed by atoms with Gasteiger partial charge < -0.3 is 87.8 Å². The van der Waals surface area contributed by atoms with E-state index < -0.39 is 120 Å². The third-order valence-corrected chi connectivity index (χ3v) is 13.5. The van der Waals surface area contributed by atoms with E-state index in [4.69, 9.17) is 40.1 Å². The standard InChI is InChI=1S/C59H89N17O11/c1-33(2)28-40(60)51(81)74-46(31-36-14-8-6-9-15-36)57(87)76-47(32-37-16-10-7-11-17-37)56(86)71-41(18-12-26-67-58(63)64)53(83)70-42(19-13-27-68-59(65)66)54(84)75-45(29-34(3)4)55(85)72-43(24-25-48(61)78)52(82)69-35(5)50(80)73-44(49(62)79)30-38-20-22-39(77)23-21-38/h6-11,14-17,20-23,33-35,40-47,77H,12-13,18-19,24-32,60H2,1-5H3,(H2,61,78)(H2,62,79)(H,69,82)(H,70,83)(H,71,86)(H,72,85)(H,73,80)(H,74,81)(H,75,84)(H,76,87)(H4,63,64,67)(H4,65,66,68)/t35-,40-,41-,42-,43-,44-,45-,46-,47-/m0/s1. The highest BCUT2D eigenvalue weighted by molar-refractivity contribution is 5.98. The van der Waals surface area contributed by atoms with Gasteiger partial charge in [-0.1, -0.05) is 100 Å². The van der Waals surface area contributed by atoms with Gasteiger partial charge >= 0.3 is 0 Å². The largest absolute Gasteiger partial charge is 0.508 e. The number of amides is 10. The second kappa shape index (κ2) is 37.2. The molecule has 3 rings (SSSR count). The molecule has 9 atom stereocenters. The van der Waals surface area contributed by atoms with Crippen molar-refractivity contribution >= 4 is 71.0 Å². The number of primary amides is 2. The number of aromatic hydroxyl groups is 1. The van der Waals surface area contributed by atoms with Crippen LogP contribution in [0.15, 0.2) is 94.9 Å². The first-order valence-electron chi connectivity index (χ1n) is 28.8. The van der Waals surface area contributed by atoms with Crippen LogP contribution in [0.2, 0.25) is 0 Å². The number of hydrogen-bond donors (Lipinski definition) is 16. The van der Waals surface area contributed by atoms with Crippen LogP contribution in [0.4, 0.5) is 0 Å². The fourth-order valence-electron chi connectivity index (χ4n) is 8.94. The summed E-state index contributed by atoms with van der Waals surface area (Å²) in [6.45, 7) is 8.64. The smallest absolute Gasteiger partial charge is 0.243 e. The fourth-order valence-corrected chi connectivity index (χ4v) is 8.94. The molecule has 0 bridgehead atoms. The summed E-state index contributed by atoms with van der Waals surface area (Å²) in [5, 5.41) is 30.9. The number of carbonyl (C=O) groups is 10. The Balaban J connectivity index is 1.97. The van der Waals surface area contributed by atoms with Crippen LogP contribution in [0.5, 0.6) is 5.75 Å². The highest BCUT2D eigenvalue weighted by atomic mass is 16.3. The molecule has 0 fully saturated rings. The van der Waals surface area contributed by atoms with E-state index in [9.17, 15) is 53.1 Å². The summed E-state index contributed by atoms with van der Waals surface area (Å²) in [6, 6.07) is 11.7. The molecular weight excluding hydrogens is 1120 g/mol. The molecule has 3 aromatic rings. The maximum absolute atomic E-state index is 14.7. The average molecular weight is 1210 g/mol. The minimum atomic E-state index is -1.51. The van der Waals surface area contributed by atoms with Crippen LogP contribution < -0.4 is 82.7 Å². The summed E-state index contributed by atoms with van der Waals surface area (Å²) in [7, 11) is 0. The Morgan fingerprint density at radius 2 is 0.770 bits per heavy atom. The number of nitrogens with zero attached hydrogens (tertiary/aromatic N) is 2. The first-order valence-corrected chi connectivity index (χ1v) is 28.8. The van der Waals surface area contributed by atoms with Crippen LogP contribution >= 0.6 is 0 Å². The molecule has 0 spiro atoms. The van der Waals surface area contributed by atoms with E-state index >= 15 is 0 Å². The minimum absolute atomic E-state index is 0.00151. The second-order valence-electron chi connectivity index (χ2n) is 22.1. The predicted octanol–water partition coefficient (Wildman–Crippen LogP) is -2.40. The van der Waals surface area contributed by atoms with E-state index in [-0.39, 0.29) is 100 Å². The molecule has 0 heterocycles. The number of phenolic OH excluding ortho intramolecular Hbond substituents is 1.